The highest BCUT2D eigenvalue weighted by atomic mass is 32.2. The molecule has 0 aromatic heterocycles. The highest BCUT2D eigenvalue weighted by Crippen LogP contribution is 2.17. The summed E-state index contributed by atoms with van der Waals surface area (Å²) in [6, 6.07) is 4.08. The van der Waals surface area contributed by atoms with Crippen molar-refractivity contribution < 1.29 is 13.4 Å². The highest BCUT2D eigenvalue weighted by Gasteiger charge is 2.18. The number of halogens is 1. The minimum absolute atomic E-state index is 0.0869. The van der Waals surface area contributed by atoms with Gasteiger partial charge in [0, 0.05) is 11.4 Å². The van der Waals surface area contributed by atoms with Crippen molar-refractivity contribution in [2.24, 2.45) is 0 Å². The summed E-state index contributed by atoms with van der Waals surface area (Å²) >= 11 is 0. The summed E-state index contributed by atoms with van der Waals surface area (Å²) in [6.07, 6.45) is 0. The van der Waals surface area contributed by atoms with Crippen LogP contribution in [0.15, 0.2) is 23.1 Å². The Hall–Kier alpha value is -1.23. The Kier molecular flexibility index (Phi) is 2.33. The number of benzene rings is 1. The van der Waals surface area contributed by atoms with Gasteiger partial charge in [0.2, 0.25) is 5.91 Å². The predicted molar refractivity (Wildman–Crippen MR) is 49.5 cm³/mol. The summed E-state index contributed by atoms with van der Waals surface area (Å²) in [5, 5.41) is 2.60. The van der Waals surface area contributed by atoms with Gasteiger partial charge < -0.3 is 5.32 Å². The zero-order valence-electron chi connectivity index (χ0n) is 7.25. The van der Waals surface area contributed by atoms with Crippen LogP contribution in [0.2, 0.25) is 0 Å². The number of carbonyl (C=O) groups is 1. The first-order valence-corrected chi connectivity index (χ1v) is 5.42. The molecule has 1 atom stereocenters. The lowest BCUT2D eigenvalue weighted by molar-refractivity contribution is -0.118. The zero-order valence-corrected chi connectivity index (χ0v) is 8.07. The molecule has 2 rings (SSSR count). The minimum atomic E-state index is -1.42. The smallest absolute Gasteiger partial charge is 0.233 e. The number of amides is 1. The molecule has 1 aliphatic rings. The van der Waals surface area contributed by atoms with Crippen molar-refractivity contribution in [2.45, 2.75) is 11.4 Å². The fraction of sp³-hybridized carbons (Fsp3) is 0.222. The maximum Gasteiger partial charge on any atom is 0.233 e. The number of hydrogen-bond donors (Lipinski definition) is 1. The van der Waals surface area contributed by atoms with Gasteiger partial charge in [0.1, 0.15) is 11.6 Å². The second kappa shape index (κ2) is 3.49. The Morgan fingerprint density at radius 3 is 3.00 bits per heavy atom. The van der Waals surface area contributed by atoms with Crippen LogP contribution in [0, 0.1) is 5.82 Å². The highest BCUT2D eigenvalue weighted by molar-refractivity contribution is 7.85. The molecule has 74 valence electrons. The Labute approximate surface area is 82.8 Å². The predicted octanol–water partition coefficient (Wildman–Crippen LogP) is 0.563. The lowest BCUT2D eigenvalue weighted by Crippen LogP contribution is -2.24. The SMILES string of the molecule is O=C1CS(=O)c2cc(F)ccc2CN1. The maximum atomic E-state index is 12.9. The standard InChI is InChI=1S/C9H8FNO2S/c10-7-2-1-6-4-11-9(12)5-14(13)8(6)3-7/h1-3H,4-5H2,(H,11,12). The Morgan fingerprint density at radius 2 is 2.21 bits per heavy atom. The van der Waals surface area contributed by atoms with E-state index in [2.05, 4.69) is 5.32 Å². The average Bonchev–Trinajstić information content (AvgIpc) is 2.27. The van der Waals surface area contributed by atoms with E-state index in [1.54, 1.807) is 6.07 Å². The van der Waals surface area contributed by atoms with Gasteiger partial charge in [-0.2, -0.15) is 0 Å². The first kappa shape index (κ1) is 9.33. The van der Waals surface area contributed by atoms with Crippen LogP contribution >= 0.6 is 0 Å². The number of rotatable bonds is 0. The van der Waals surface area contributed by atoms with Crippen molar-refractivity contribution in [1.29, 1.82) is 0 Å². The van der Waals surface area contributed by atoms with Gasteiger partial charge in [0.15, 0.2) is 0 Å². The Balaban J connectivity index is 2.49. The van der Waals surface area contributed by atoms with Crippen molar-refractivity contribution in [2.75, 3.05) is 5.75 Å². The normalized spacial score (nSPS) is 20.9. The minimum Gasteiger partial charge on any atom is -0.351 e. The van der Waals surface area contributed by atoms with Crippen LogP contribution in [0.3, 0.4) is 0 Å². The van der Waals surface area contributed by atoms with Crippen molar-refractivity contribution in [3.8, 4) is 0 Å². The molecule has 14 heavy (non-hydrogen) atoms. The van der Waals surface area contributed by atoms with Gasteiger partial charge in [-0.3, -0.25) is 9.00 Å². The summed E-state index contributed by atoms with van der Waals surface area (Å²) in [6.45, 7) is 0.320. The molecule has 1 unspecified atom stereocenters. The van der Waals surface area contributed by atoms with Gasteiger partial charge in [-0.05, 0) is 17.7 Å². The summed E-state index contributed by atoms with van der Waals surface area (Å²) in [5.41, 5.74) is 0.718. The van der Waals surface area contributed by atoms with Crippen LogP contribution in [0.25, 0.3) is 0 Å². The van der Waals surface area contributed by atoms with E-state index in [1.807, 2.05) is 0 Å². The number of hydrogen-bond acceptors (Lipinski definition) is 2. The lowest BCUT2D eigenvalue weighted by atomic mass is 10.2. The van der Waals surface area contributed by atoms with Gasteiger partial charge in [0.05, 0.1) is 10.8 Å². The number of nitrogens with one attached hydrogen (secondary N) is 1. The molecule has 1 heterocycles. The van der Waals surface area contributed by atoms with Crippen LogP contribution < -0.4 is 5.32 Å². The fourth-order valence-electron chi connectivity index (χ4n) is 1.33. The average molecular weight is 213 g/mol. The second-order valence-electron chi connectivity index (χ2n) is 3.02. The maximum absolute atomic E-state index is 12.9. The molecule has 0 fully saturated rings. The molecular formula is C9H8FNO2S. The zero-order chi connectivity index (χ0) is 10.1. The third kappa shape index (κ3) is 1.68. The molecule has 1 amide bonds. The summed E-state index contributed by atoms with van der Waals surface area (Å²) in [4.78, 5) is 11.5. The van der Waals surface area contributed by atoms with E-state index in [9.17, 15) is 13.4 Å². The summed E-state index contributed by atoms with van der Waals surface area (Å²) in [7, 11) is -1.42. The first-order valence-electron chi connectivity index (χ1n) is 4.10. The van der Waals surface area contributed by atoms with E-state index in [0.29, 0.717) is 11.4 Å². The first-order chi connectivity index (χ1) is 6.66. The van der Waals surface area contributed by atoms with Gasteiger partial charge in [-0.25, -0.2) is 4.39 Å². The summed E-state index contributed by atoms with van der Waals surface area (Å²) in [5.74, 6) is -0.775. The van der Waals surface area contributed by atoms with Crippen molar-refractivity contribution in [3.05, 3.63) is 29.6 Å². The number of carbonyl (C=O) groups excluding carboxylic acids is 1. The molecular weight excluding hydrogens is 205 g/mol. The van der Waals surface area contributed by atoms with Gasteiger partial charge in [0.25, 0.3) is 0 Å². The largest absolute Gasteiger partial charge is 0.351 e. The lowest BCUT2D eigenvalue weighted by Gasteiger charge is -2.02. The molecule has 5 heteroatoms. The van der Waals surface area contributed by atoms with Crippen molar-refractivity contribution in [1.82, 2.24) is 5.32 Å². The molecule has 0 aliphatic carbocycles. The molecule has 1 N–H and O–H groups in total. The molecule has 1 aliphatic heterocycles. The molecule has 1 aromatic rings. The monoisotopic (exact) mass is 213 g/mol. The molecule has 1 aromatic carbocycles. The third-order valence-electron chi connectivity index (χ3n) is 2.01. The van der Waals surface area contributed by atoms with E-state index in [1.165, 1.54) is 12.1 Å². The number of fused-ring (bicyclic) bond motifs is 1. The quantitative estimate of drug-likeness (QED) is 0.684. The van der Waals surface area contributed by atoms with Gasteiger partial charge in [-0.1, -0.05) is 6.07 Å². The van der Waals surface area contributed by atoms with Crippen LogP contribution in [-0.4, -0.2) is 15.9 Å². The van der Waals surface area contributed by atoms with Crippen molar-refractivity contribution >= 4 is 16.7 Å². The molecule has 0 radical (unpaired) electrons. The van der Waals surface area contributed by atoms with E-state index < -0.39 is 16.6 Å². The topological polar surface area (TPSA) is 46.2 Å². The van der Waals surface area contributed by atoms with Crippen LogP contribution in [0.1, 0.15) is 5.56 Å². The van der Waals surface area contributed by atoms with Crippen LogP contribution in [0.4, 0.5) is 4.39 Å². The van der Waals surface area contributed by atoms with Crippen LogP contribution in [0.5, 0.6) is 0 Å². The molecule has 0 bridgehead atoms. The Bertz CT molecular complexity index is 419. The van der Waals surface area contributed by atoms with E-state index in [-0.39, 0.29) is 11.7 Å². The van der Waals surface area contributed by atoms with E-state index in [0.717, 1.165) is 5.56 Å². The third-order valence-corrected chi connectivity index (χ3v) is 3.41. The molecule has 0 spiro atoms. The van der Waals surface area contributed by atoms with E-state index in [4.69, 9.17) is 0 Å². The molecule has 0 saturated heterocycles. The van der Waals surface area contributed by atoms with E-state index >= 15 is 0 Å². The van der Waals surface area contributed by atoms with Crippen LogP contribution in [-0.2, 0) is 22.1 Å². The van der Waals surface area contributed by atoms with Crippen molar-refractivity contribution in [3.63, 3.8) is 0 Å². The fourth-order valence-corrected chi connectivity index (χ4v) is 2.50. The molecule has 0 saturated carbocycles. The summed E-state index contributed by atoms with van der Waals surface area (Å²) < 4.78 is 24.4. The molecule has 3 nitrogen and oxygen atoms in total. The van der Waals surface area contributed by atoms with Gasteiger partial charge in [-0.15, -0.1) is 0 Å². The second-order valence-corrected chi connectivity index (χ2v) is 4.44. The Morgan fingerprint density at radius 1 is 1.43 bits per heavy atom. The van der Waals surface area contributed by atoms with Gasteiger partial charge >= 0.3 is 0 Å².